The van der Waals surface area contributed by atoms with Gasteiger partial charge >= 0.3 is 0 Å². The highest BCUT2D eigenvalue weighted by molar-refractivity contribution is 9.10. The van der Waals surface area contributed by atoms with Crippen LogP contribution in [0.1, 0.15) is 26.2 Å². The van der Waals surface area contributed by atoms with Crippen LogP contribution in [0.4, 0.5) is 5.69 Å². The summed E-state index contributed by atoms with van der Waals surface area (Å²) >= 11 is 3.22. The fourth-order valence-electron chi connectivity index (χ4n) is 1.74. The number of halogens is 1. The number of nitrogens with zero attached hydrogens (tertiary/aromatic N) is 2. The summed E-state index contributed by atoms with van der Waals surface area (Å²) in [7, 11) is 1.76. The minimum atomic E-state index is -0.519. The van der Waals surface area contributed by atoms with E-state index in [1.165, 1.54) is 12.1 Å². The van der Waals surface area contributed by atoms with Crippen molar-refractivity contribution in [1.29, 1.82) is 5.26 Å². The van der Waals surface area contributed by atoms with Crippen LogP contribution < -0.4 is 10.1 Å². The molecule has 0 saturated heterocycles. The van der Waals surface area contributed by atoms with Crippen LogP contribution in [0.25, 0.3) is 0 Å². The fourth-order valence-corrected chi connectivity index (χ4v) is 2.20. The monoisotopic (exact) mass is 355 g/mol. The van der Waals surface area contributed by atoms with Gasteiger partial charge in [-0.25, -0.2) is 0 Å². The average Bonchev–Trinajstić information content (AvgIpc) is 2.46. The molecule has 0 aliphatic rings. The number of hydrogen-bond donors (Lipinski definition) is 1. The smallest absolute Gasteiger partial charge is 0.274 e. The number of ether oxygens (including phenoxy) is 1. The first-order valence-electron chi connectivity index (χ1n) is 6.58. The first-order valence-corrected chi connectivity index (χ1v) is 7.37. The van der Waals surface area contributed by atoms with E-state index in [-0.39, 0.29) is 5.69 Å². The molecule has 0 bridgehead atoms. The van der Waals surface area contributed by atoms with Gasteiger partial charge in [0.2, 0.25) is 0 Å². The summed E-state index contributed by atoms with van der Waals surface area (Å²) in [6.07, 6.45) is 2.34. The number of unbranched alkanes of at least 4 members (excludes halogenated alkanes) is 1. The summed E-state index contributed by atoms with van der Waals surface area (Å²) in [5, 5.41) is 22.8. The Bertz CT molecular complexity index is 545. The van der Waals surface area contributed by atoms with Gasteiger partial charge in [0, 0.05) is 10.5 Å². The molecule has 0 saturated carbocycles. The Morgan fingerprint density at radius 3 is 2.76 bits per heavy atom. The van der Waals surface area contributed by atoms with Crippen LogP contribution in [0.3, 0.4) is 0 Å². The van der Waals surface area contributed by atoms with Crippen LogP contribution in [-0.2, 0) is 0 Å². The Labute approximate surface area is 132 Å². The molecule has 1 rings (SSSR count). The van der Waals surface area contributed by atoms with Crippen LogP contribution in [0.15, 0.2) is 22.7 Å². The Morgan fingerprint density at radius 1 is 1.48 bits per heavy atom. The minimum absolute atomic E-state index is 0.00777. The lowest BCUT2D eigenvalue weighted by atomic mass is 9.97. The van der Waals surface area contributed by atoms with E-state index in [9.17, 15) is 10.1 Å². The lowest BCUT2D eigenvalue weighted by molar-refractivity contribution is -0.385. The molecule has 1 unspecified atom stereocenters. The third-order valence-corrected chi connectivity index (χ3v) is 3.66. The zero-order valence-electron chi connectivity index (χ0n) is 12.1. The molecule has 0 aliphatic heterocycles. The van der Waals surface area contributed by atoms with Crippen LogP contribution in [0, 0.1) is 21.4 Å². The van der Waals surface area contributed by atoms with Gasteiger partial charge in [-0.15, -0.1) is 0 Å². The third kappa shape index (κ3) is 5.69. The molecule has 7 heteroatoms. The SMILES string of the molecule is CNC(C)(C#N)CCCCOc1cc(Br)cc([N+](=O)[O-])c1. The standard InChI is InChI=1S/C14H18BrN3O3/c1-14(10-16,17-2)5-3-4-6-21-13-8-11(15)7-12(9-13)18(19)20/h7-9,17H,3-6H2,1-2H3. The van der Waals surface area contributed by atoms with Gasteiger partial charge in [-0.1, -0.05) is 15.9 Å². The van der Waals surface area contributed by atoms with Crippen molar-refractivity contribution in [3.05, 3.63) is 32.8 Å². The Morgan fingerprint density at radius 2 is 2.19 bits per heavy atom. The molecule has 21 heavy (non-hydrogen) atoms. The van der Waals surface area contributed by atoms with Crippen LogP contribution in [0.2, 0.25) is 0 Å². The van der Waals surface area contributed by atoms with E-state index < -0.39 is 10.5 Å². The van der Waals surface area contributed by atoms with Crippen molar-refractivity contribution in [2.45, 2.75) is 31.7 Å². The van der Waals surface area contributed by atoms with E-state index in [2.05, 4.69) is 27.3 Å². The van der Waals surface area contributed by atoms with Gasteiger partial charge in [-0.3, -0.25) is 10.1 Å². The molecule has 0 aromatic heterocycles. The molecule has 1 atom stereocenters. The fraction of sp³-hybridized carbons (Fsp3) is 0.500. The number of nitro benzene ring substituents is 1. The first-order chi connectivity index (χ1) is 9.90. The maximum Gasteiger partial charge on any atom is 0.274 e. The molecular weight excluding hydrogens is 338 g/mol. The molecule has 1 aromatic carbocycles. The Balaban J connectivity index is 2.43. The molecule has 0 heterocycles. The zero-order valence-corrected chi connectivity index (χ0v) is 13.6. The van der Waals surface area contributed by atoms with Crippen molar-refractivity contribution in [3.8, 4) is 11.8 Å². The highest BCUT2D eigenvalue weighted by Gasteiger charge is 2.19. The summed E-state index contributed by atoms with van der Waals surface area (Å²) in [4.78, 5) is 10.3. The topological polar surface area (TPSA) is 88.2 Å². The Kier molecular flexibility index (Phi) is 6.59. The van der Waals surface area contributed by atoms with E-state index in [0.29, 0.717) is 16.8 Å². The van der Waals surface area contributed by atoms with Gasteiger partial charge in [0.05, 0.1) is 23.7 Å². The molecule has 114 valence electrons. The van der Waals surface area contributed by atoms with Crippen LogP contribution in [-0.4, -0.2) is 24.1 Å². The van der Waals surface area contributed by atoms with E-state index in [1.54, 1.807) is 13.1 Å². The van der Waals surface area contributed by atoms with E-state index in [1.807, 2.05) is 6.92 Å². The number of hydrogen-bond acceptors (Lipinski definition) is 5. The van der Waals surface area contributed by atoms with E-state index >= 15 is 0 Å². The second kappa shape index (κ2) is 7.96. The predicted octanol–water partition coefficient (Wildman–Crippen LogP) is 3.41. The van der Waals surface area contributed by atoms with Crippen LogP contribution in [0.5, 0.6) is 5.75 Å². The van der Waals surface area contributed by atoms with Crippen molar-refractivity contribution in [2.75, 3.05) is 13.7 Å². The van der Waals surface area contributed by atoms with E-state index in [4.69, 9.17) is 10.00 Å². The molecule has 1 aromatic rings. The largest absolute Gasteiger partial charge is 0.493 e. The maximum absolute atomic E-state index is 10.7. The average molecular weight is 356 g/mol. The number of nitriles is 1. The molecular formula is C14H18BrN3O3. The summed E-state index contributed by atoms with van der Waals surface area (Å²) in [5.41, 5.74) is -0.527. The molecule has 1 N–H and O–H groups in total. The van der Waals surface area contributed by atoms with Crippen molar-refractivity contribution < 1.29 is 9.66 Å². The number of non-ortho nitro benzene ring substituents is 1. The van der Waals surface area contributed by atoms with Crippen molar-refractivity contribution in [3.63, 3.8) is 0 Å². The number of benzene rings is 1. The number of rotatable bonds is 8. The lowest BCUT2D eigenvalue weighted by Crippen LogP contribution is -2.37. The summed E-state index contributed by atoms with van der Waals surface area (Å²) in [6, 6.07) is 6.75. The van der Waals surface area contributed by atoms with Crippen molar-refractivity contribution in [2.24, 2.45) is 0 Å². The number of nitro groups is 1. The summed E-state index contributed by atoms with van der Waals surface area (Å²) in [6.45, 7) is 2.31. The zero-order chi connectivity index (χ0) is 15.9. The maximum atomic E-state index is 10.7. The molecule has 6 nitrogen and oxygen atoms in total. The molecule has 0 spiro atoms. The van der Waals surface area contributed by atoms with E-state index in [0.717, 1.165) is 19.3 Å². The van der Waals surface area contributed by atoms with Gasteiger partial charge in [-0.05, 0) is 39.3 Å². The van der Waals surface area contributed by atoms with Crippen molar-refractivity contribution in [1.82, 2.24) is 5.32 Å². The summed E-state index contributed by atoms with van der Waals surface area (Å²) in [5.74, 6) is 0.465. The van der Waals surface area contributed by atoms with Gasteiger partial charge in [-0.2, -0.15) is 5.26 Å². The number of nitrogens with one attached hydrogen (secondary N) is 1. The molecule has 0 aliphatic carbocycles. The molecule has 0 radical (unpaired) electrons. The lowest BCUT2D eigenvalue weighted by Gasteiger charge is -2.20. The molecule has 0 amide bonds. The molecule has 0 fully saturated rings. The highest BCUT2D eigenvalue weighted by atomic mass is 79.9. The van der Waals surface area contributed by atoms with Gasteiger partial charge < -0.3 is 10.1 Å². The first kappa shape index (κ1) is 17.4. The second-order valence-corrected chi connectivity index (χ2v) is 5.82. The normalized spacial score (nSPS) is 13.2. The summed E-state index contributed by atoms with van der Waals surface area (Å²) < 4.78 is 6.13. The highest BCUT2D eigenvalue weighted by Crippen LogP contribution is 2.26. The Hall–Kier alpha value is -1.65. The predicted molar refractivity (Wildman–Crippen MR) is 83.2 cm³/mol. The van der Waals surface area contributed by atoms with Gasteiger partial charge in [0.15, 0.2) is 0 Å². The van der Waals surface area contributed by atoms with Gasteiger partial charge in [0.1, 0.15) is 11.3 Å². The minimum Gasteiger partial charge on any atom is -0.493 e. The third-order valence-electron chi connectivity index (χ3n) is 3.21. The van der Waals surface area contributed by atoms with Crippen LogP contribution >= 0.6 is 15.9 Å². The quantitative estimate of drug-likeness (QED) is 0.438. The van der Waals surface area contributed by atoms with Crippen molar-refractivity contribution >= 4 is 21.6 Å². The van der Waals surface area contributed by atoms with Gasteiger partial charge in [0.25, 0.3) is 5.69 Å². The second-order valence-electron chi connectivity index (χ2n) is 4.90.